The fourth-order valence-corrected chi connectivity index (χ4v) is 4.20. The summed E-state index contributed by atoms with van der Waals surface area (Å²) in [4.78, 5) is 9.66. The lowest BCUT2D eigenvalue weighted by atomic mass is 9.80. The summed E-state index contributed by atoms with van der Waals surface area (Å²) in [7, 11) is -1.53. The average molecular weight is 391 g/mol. The summed E-state index contributed by atoms with van der Waals surface area (Å²) in [6.45, 7) is 1.92. The number of nitro groups is 1. The Morgan fingerprint density at radius 2 is 2.00 bits per heavy atom. The standard InChI is InChI=1S/C15H22FN3O6S/c1-24-10-15(3-5-17-6-4-15)9-18-26(22,23)11-7-12(16)14(25-2)13(8-11)19(20)21/h7-8,17-18H,3-6,9-10H2,1-2H3. The van der Waals surface area contributed by atoms with Crippen LogP contribution >= 0.6 is 0 Å². The van der Waals surface area contributed by atoms with Crippen LogP contribution in [0.2, 0.25) is 0 Å². The molecule has 9 nitrogen and oxygen atoms in total. The third-order valence-corrected chi connectivity index (χ3v) is 5.84. The monoisotopic (exact) mass is 391 g/mol. The van der Waals surface area contributed by atoms with Gasteiger partial charge in [0.2, 0.25) is 15.8 Å². The molecule has 26 heavy (non-hydrogen) atoms. The molecule has 0 amide bonds. The van der Waals surface area contributed by atoms with Gasteiger partial charge < -0.3 is 14.8 Å². The maximum Gasteiger partial charge on any atom is 0.315 e. The lowest BCUT2D eigenvalue weighted by molar-refractivity contribution is -0.386. The Labute approximate surface area is 151 Å². The Bertz CT molecular complexity index is 759. The van der Waals surface area contributed by atoms with Crippen molar-refractivity contribution in [2.24, 2.45) is 5.41 Å². The number of methoxy groups -OCH3 is 2. The van der Waals surface area contributed by atoms with Crippen LogP contribution in [-0.2, 0) is 14.8 Å². The van der Waals surface area contributed by atoms with E-state index >= 15 is 0 Å². The van der Waals surface area contributed by atoms with E-state index in [9.17, 15) is 22.9 Å². The van der Waals surface area contributed by atoms with Crippen LogP contribution in [0.15, 0.2) is 17.0 Å². The minimum absolute atomic E-state index is 0.0896. The normalized spacial score (nSPS) is 17.0. The van der Waals surface area contributed by atoms with E-state index in [1.54, 1.807) is 7.11 Å². The smallest absolute Gasteiger partial charge is 0.315 e. The van der Waals surface area contributed by atoms with Crippen LogP contribution in [0.1, 0.15) is 12.8 Å². The second kappa shape index (κ2) is 8.25. The van der Waals surface area contributed by atoms with Crippen LogP contribution in [0.3, 0.4) is 0 Å². The summed E-state index contributed by atoms with van der Waals surface area (Å²) < 4.78 is 51.5. The molecule has 1 heterocycles. The molecular weight excluding hydrogens is 369 g/mol. The number of hydrogen-bond donors (Lipinski definition) is 2. The van der Waals surface area contributed by atoms with Gasteiger partial charge in [-0.25, -0.2) is 17.5 Å². The van der Waals surface area contributed by atoms with Crippen molar-refractivity contribution in [2.45, 2.75) is 17.7 Å². The number of benzene rings is 1. The van der Waals surface area contributed by atoms with Gasteiger partial charge in [0.05, 0.1) is 23.5 Å². The van der Waals surface area contributed by atoms with Crippen molar-refractivity contribution in [3.05, 3.63) is 28.1 Å². The number of nitrogens with one attached hydrogen (secondary N) is 2. The van der Waals surface area contributed by atoms with Crippen LogP contribution < -0.4 is 14.8 Å². The molecule has 0 bridgehead atoms. The maximum absolute atomic E-state index is 14.0. The van der Waals surface area contributed by atoms with E-state index in [-0.39, 0.29) is 12.0 Å². The van der Waals surface area contributed by atoms with Crippen LogP contribution in [-0.4, -0.2) is 53.8 Å². The van der Waals surface area contributed by atoms with E-state index in [0.29, 0.717) is 25.5 Å². The van der Waals surface area contributed by atoms with Crippen LogP contribution in [0.5, 0.6) is 5.75 Å². The zero-order chi connectivity index (χ0) is 19.4. The van der Waals surface area contributed by atoms with Crippen LogP contribution in [0.4, 0.5) is 10.1 Å². The summed E-state index contributed by atoms with van der Waals surface area (Å²) in [5.74, 6) is -1.72. The molecule has 146 valence electrons. The minimum atomic E-state index is -4.15. The number of hydrogen-bond acceptors (Lipinski definition) is 7. The van der Waals surface area contributed by atoms with Crippen molar-refractivity contribution in [3.8, 4) is 5.75 Å². The molecule has 0 radical (unpaired) electrons. The molecule has 1 aromatic carbocycles. The molecule has 0 aliphatic carbocycles. The molecule has 2 N–H and O–H groups in total. The van der Waals surface area contributed by atoms with Gasteiger partial charge in [0.1, 0.15) is 0 Å². The van der Waals surface area contributed by atoms with Gasteiger partial charge in [-0.15, -0.1) is 0 Å². The van der Waals surface area contributed by atoms with Crippen molar-refractivity contribution in [3.63, 3.8) is 0 Å². The maximum atomic E-state index is 14.0. The minimum Gasteiger partial charge on any atom is -0.488 e. The highest BCUT2D eigenvalue weighted by Crippen LogP contribution is 2.33. The van der Waals surface area contributed by atoms with E-state index < -0.39 is 37.1 Å². The van der Waals surface area contributed by atoms with E-state index in [4.69, 9.17) is 4.74 Å². The molecule has 11 heteroatoms. The Hall–Kier alpha value is -1.82. The molecule has 0 unspecified atom stereocenters. The van der Waals surface area contributed by atoms with Crippen molar-refractivity contribution >= 4 is 15.7 Å². The van der Waals surface area contributed by atoms with E-state index in [2.05, 4.69) is 14.8 Å². The number of rotatable bonds is 8. The Morgan fingerprint density at radius 1 is 1.35 bits per heavy atom. The lowest BCUT2D eigenvalue weighted by Crippen LogP contribution is -2.47. The summed E-state index contributed by atoms with van der Waals surface area (Å²) in [5.41, 5.74) is -1.13. The van der Waals surface area contributed by atoms with Crippen LogP contribution in [0.25, 0.3) is 0 Å². The molecular formula is C15H22FN3O6S. The zero-order valence-corrected chi connectivity index (χ0v) is 15.4. The second-order valence-electron chi connectivity index (χ2n) is 6.22. The second-order valence-corrected chi connectivity index (χ2v) is 7.99. The third-order valence-electron chi connectivity index (χ3n) is 4.46. The largest absolute Gasteiger partial charge is 0.488 e. The van der Waals surface area contributed by atoms with Crippen molar-refractivity contribution in [1.82, 2.24) is 10.0 Å². The van der Waals surface area contributed by atoms with Gasteiger partial charge in [-0.3, -0.25) is 10.1 Å². The summed E-state index contributed by atoms with van der Waals surface area (Å²) in [5, 5.41) is 14.3. The molecule has 2 rings (SSSR count). The molecule has 1 aliphatic rings. The topological polar surface area (TPSA) is 120 Å². The van der Waals surface area contributed by atoms with Gasteiger partial charge in [0.25, 0.3) is 0 Å². The number of halogens is 1. The first-order valence-corrected chi connectivity index (χ1v) is 9.44. The highest BCUT2D eigenvalue weighted by Gasteiger charge is 2.34. The molecule has 1 fully saturated rings. The van der Waals surface area contributed by atoms with Gasteiger partial charge in [-0.05, 0) is 32.0 Å². The van der Waals surface area contributed by atoms with Crippen molar-refractivity contribution in [1.29, 1.82) is 0 Å². The first-order valence-electron chi connectivity index (χ1n) is 7.96. The number of piperidine rings is 1. The molecule has 1 aromatic rings. The van der Waals surface area contributed by atoms with Gasteiger partial charge in [-0.1, -0.05) is 0 Å². The quantitative estimate of drug-likeness (QED) is 0.502. The molecule has 1 saturated heterocycles. The number of sulfonamides is 1. The first kappa shape index (κ1) is 20.5. The molecule has 0 atom stereocenters. The highest BCUT2D eigenvalue weighted by atomic mass is 32.2. The molecule has 0 aromatic heterocycles. The molecule has 0 spiro atoms. The van der Waals surface area contributed by atoms with Crippen LogP contribution in [0, 0.1) is 21.3 Å². The van der Waals surface area contributed by atoms with E-state index in [0.717, 1.165) is 26.3 Å². The molecule has 0 saturated carbocycles. The number of ether oxygens (including phenoxy) is 2. The third kappa shape index (κ3) is 4.47. The zero-order valence-electron chi connectivity index (χ0n) is 14.6. The summed E-state index contributed by atoms with van der Waals surface area (Å²) >= 11 is 0. The van der Waals surface area contributed by atoms with Gasteiger partial charge >= 0.3 is 5.69 Å². The Kier molecular flexibility index (Phi) is 6.50. The van der Waals surface area contributed by atoms with E-state index in [1.807, 2.05) is 0 Å². The highest BCUT2D eigenvalue weighted by molar-refractivity contribution is 7.89. The predicted molar refractivity (Wildman–Crippen MR) is 91.2 cm³/mol. The molecule has 1 aliphatic heterocycles. The fraction of sp³-hybridized carbons (Fsp3) is 0.600. The fourth-order valence-electron chi connectivity index (χ4n) is 3.01. The van der Waals surface area contributed by atoms with Gasteiger partial charge in [0.15, 0.2) is 5.82 Å². The predicted octanol–water partition coefficient (Wildman–Crippen LogP) is 1.04. The van der Waals surface area contributed by atoms with Crippen molar-refractivity contribution in [2.75, 3.05) is 40.5 Å². The lowest BCUT2D eigenvalue weighted by Gasteiger charge is -2.37. The van der Waals surface area contributed by atoms with Crippen molar-refractivity contribution < 1.29 is 27.2 Å². The summed E-state index contributed by atoms with van der Waals surface area (Å²) in [6, 6.07) is 1.50. The average Bonchev–Trinajstić information content (AvgIpc) is 2.60. The van der Waals surface area contributed by atoms with Gasteiger partial charge in [0, 0.05) is 25.1 Å². The number of nitro benzene ring substituents is 1. The number of nitrogens with zero attached hydrogens (tertiary/aromatic N) is 1. The Morgan fingerprint density at radius 3 is 2.54 bits per heavy atom. The van der Waals surface area contributed by atoms with E-state index in [1.165, 1.54) is 0 Å². The Balaban J connectivity index is 2.28. The SMILES string of the molecule is COCC1(CNS(=O)(=O)c2cc(F)c(OC)c([N+](=O)[O-])c2)CCNCC1. The van der Waals surface area contributed by atoms with Gasteiger partial charge in [-0.2, -0.15) is 0 Å². The first-order chi connectivity index (χ1) is 12.2. The summed E-state index contributed by atoms with van der Waals surface area (Å²) in [6.07, 6.45) is 1.42.